The van der Waals surface area contributed by atoms with Crippen molar-refractivity contribution in [2.24, 2.45) is 0 Å². The number of hydrogen-bond donors (Lipinski definition) is 1. The molecule has 0 unspecified atom stereocenters. The summed E-state index contributed by atoms with van der Waals surface area (Å²) in [5.74, 6) is -0.0817. The Morgan fingerprint density at radius 3 is 2.82 bits per heavy atom. The number of carboxylic acids is 1. The predicted molar refractivity (Wildman–Crippen MR) is 102 cm³/mol. The van der Waals surface area contributed by atoms with Gasteiger partial charge in [-0.05, 0) is 64.5 Å². The van der Waals surface area contributed by atoms with Gasteiger partial charge < -0.3 is 14.5 Å². The first-order valence-corrected chi connectivity index (χ1v) is 9.66. The van der Waals surface area contributed by atoms with Crippen LogP contribution in [-0.2, 0) is 11.2 Å². The van der Waals surface area contributed by atoms with E-state index < -0.39 is 5.97 Å². The van der Waals surface area contributed by atoms with Crippen LogP contribution in [-0.4, -0.2) is 70.3 Å². The number of aromatic nitrogens is 2. The second-order valence-corrected chi connectivity index (χ2v) is 7.46. The fourth-order valence-electron chi connectivity index (χ4n) is 3.59. The van der Waals surface area contributed by atoms with Crippen LogP contribution in [0.5, 0.6) is 0 Å². The molecular weight excluding hydrogens is 363 g/mol. The second-order valence-electron chi connectivity index (χ2n) is 7.46. The fourth-order valence-corrected chi connectivity index (χ4v) is 3.59. The van der Waals surface area contributed by atoms with Crippen LogP contribution >= 0.6 is 0 Å². The Labute approximate surface area is 164 Å². The minimum Gasteiger partial charge on any atom is -0.480 e. The van der Waals surface area contributed by atoms with Gasteiger partial charge in [0.25, 0.3) is 0 Å². The quantitative estimate of drug-likeness (QED) is 0.742. The van der Waals surface area contributed by atoms with Gasteiger partial charge in [0, 0.05) is 18.0 Å². The molecule has 0 spiro atoms. The SMILES string of the molecule is Cc1ccc(-c2noc(CCCN3CCC(N(C)CC(=O)O)CC3)n2)cc1F. The average molecular weight is 390 g/mol. The molecule has 2 aromatic rings. The molecule has 1 fully saturated rings. The Balaban J connectivity index is 1.42. The summed E-state index contributed by atoms with van der Waals surface area (Å²) >= 11 is 0. The molecule has 1 aliphatic rings. The molecule has 1 aromatic carbocycles. The third-order valence-electron chi connectivity index (χ3n) is 5.33. The molecule has 2 heterocycles. The van der Waals surface area contributed by atoms with Crippen LogP contribution in [0.25, 0.3) is 11.4 Å². The van der Waals surface area contributed by atoms with Crippen LogP contribution in [0.2, 0.25) is 0 Å². The number of likely N-dealkylation sites (N-methyl/N-ethyl adjacent to an activating group) is 1. The Hall–Kier alpha value is -2.32. The molecule has 0 atom stereocenters. The van der Waals surface area contributed by atoms with E-state index in [1.807, 2.05) is 11.9 Å². The van der Waals surface area contributed by atoms with Crippen molar-refractivity contribution in [3.8, 4) is 11.4 Å². The maximum absolute atomic E-state index is 13.7. The number of aryl methyl sites for hydroxylation is 2. The molecule has 1 saturated heterocycles. The Bertz CT molecular complexity index is 802. The standard InChI is InChI=1S/C20H27FN4O3/c1-14-5-6-15(12-17(14)21)20-22-18(28-23-20)4-3-9-25-10-7-16(8-11-25)24(2)13-19(26)27/h5-6,12,16H,3-4,7-11,13H2,1-2H3,(H,26,27). The summed E-state index contributed by atoms with van der Waals surface area (Å²) < 4.78 is 19.0. The summed E-state index contributed by atoms with van der Waals surface area (Å²) in [4.78, 5) is 19.5. The smallest absolute Gasteiger partial charge is 0.317 e. The van der Waals surface area contributed by atoms with Crippen LogP contribution in [0.1, 0.15) is 30.7 Å². The van der Waals surface area contributed by atoms with Crippen molar-refractivity contribution < 1.29 is 18.8 Å². The number of aliphatic carboxylic acids is 1. The van der Waals surface area contributed by atoms with Crippen molar-refractivity contribution in [1.82, 2.24) is 19.9 Å². The van der Waals surface area contributed by atoms with E-state index in [9.17, 15) is 9.18 Å². The molecule has 0 bridgehead atoms. The fraction of sp³-hybridized carbons (Fsp3) is 0.550. The largest absolute Gasteiger partial charge is 0.480 e. The molecule has 8 heteroatoms. The summed E-state index contributed by atoms with van der Waals surface area (Å²) in [5.41, 5.74) is 1.20. The van der Waals surface area contributed by atoms with E-state index in [4.69, 9.17) is 9.63 Å². The lowest BCUT2D eigenvalue weighted by Crippen LogP contribution is -2.45. The second kappa shape index (κ2) is 9.25. The van der Waals surface area contributed by atoms with Crippen molar-refractivity contribution in [3.05, 3.63) is 35.5 Å². The van der Waals surface area contributed by atoms with Crippen molar-refractivity contribution >= 4 is 5.97 Å². The summed E-state index contributed by atoms with van der Waals surface area (Å²) in [7, 11) is 1.88. The molecule has 152 valence electrons. The number of halogens is 1. The molecule has 1 aromatic heterocycles. The molecule has 1 aliphatic heterocycles. The van der Waals surface area contributed by atoms with Gasteiger partial charge in [-0.3, -0.25) is 9.69 Å². The summed E-state index contributed by atoms with van der Waals surface area (Å²) in [6, 6.07) is 5.26. The number of rotatable bonds is 8. The van der Waals surface area contributed by atoms with Crippen molar-refractivity contribution in [2.45, 2.75) is 38.6 Å². The van der Waals surface area contributed by atoms with E-state index in [0.29, 0.717) is 35.3 Å². The van der Waals surface area contributed by atoms with E-state index in [0.717, 1.165) is 38.9 Å². The van der Waals surface area contributed by atoms with Gasteiger partial charge in [0.2, 0.25) is 11.7 Å². The number of piperidine rings is 1. The summed E-state index contributed by atoms with van der Waals surface area (Å²) in [6.07, 6.45) is 3.54. The highest BCUT2D eigenvalue weighted by atomic mass is 19.1. The molecule has 7 nitrogen and oxygen atoms in total. The van der Waals surface area contributed by atoms with Gasteiger partial charge in [0.1, 0.15) is 5.82 Å². The van der Waals surface area contributed by atoms with Gasteiger partial charge in [0.05, 0.1) is 6.54 Å². The molecule has 28 heavy (non-hydrogen) atoms. The van der Waals surface area contributed by atoms with Crippen LogP contribution in [0, 0.1) is 12.7 Å². The Morgan fingerprint density at radius 2 is 2.14 bits per heavy atom. The molecular formula is C20H27FN4O3. The molecule has 0 radical (unpaired) electrons. The maximum Gasteiger partial charge on any atom is 0.317 e. The molecule has 0 aliphatic carbocycles. The first-order valence-electron chi connectivity index (χ1n) is 9.66. The van der Waals surface area contributed by atoms with E-state index in [2.05, 4.69) is 15.0 Å². The number of carbonyl (C=O) groups is 1. The number of benzene rings is 1. The van der Waals surface area contributed by atoms with Gasteiger partial charge in [-0.15, -0.1) is 0 Å². The van der Waals surface area contributed by atoms with Crippen LogP contribution in [0.4, 0.5) is 4.39 Å². The lowest BCUT2D eigenvalue weighted by Gasteiger charge is -2.36. The number of nitrogens with zero attached hydrogens (tertiary/aromatic N) is 4. The highest BCUT2D eigenvalue weighted by Crippen LogP contribution is 2.20. The molecule has 0 saturated carbocycles. The first kappa shape index (κ1) is 20.4. The van der Waals surface area contributed by atoms with Crippen LogP contribution in [0.3, 0.4) is 0 Å². The van der Waals surface area contributed by atoms with Crippen molar-refractivity contribution in [1.29, 1.82) is 0 Å². The first-order chi connectivity index (χ1) is 13.4. The number of likely N-dealkylation sites (tertiary alicyclic amines) is 1. The Morgan fingerprint density at radius 1 is 1.39 bits per heavy atom. The van der Waals surface area contributed by atoms with E-state index >= 15 is 0 Å². The van der Waals surface area contributed by atoms with Gasteiger partial charge in [0.15, 0.2) is 0 Å². The van der Waals surface area contributed by atoms with E-state index in [-0.39, 0.29) is 12.4 Å². The van der Waals surface area contributed by atoms with Crippen molar-refractivity contribution in [2.75, 3.05) is 33.2 Å². The van der Waals surface area contributed by atoms with Gasteiger partial charge in [-0.25, -0.2) is 4.39 Å². The normalized spacial score (nSPS) is 16.0. The van der Waals surface area contributed by atoms with E-state index in [1.54, 1.807) is 19.1 Å². The minimum absolute atomic E-state index is 0.0923. The lowest BCUT2D eigenvalue weighted by molar-refractivity contribution is -0.138. The Kier molecular flexibility index (Phi) is 6.74. The van der Waals surface area contributed by atoms with Crippen LogP contribution < -0.4 is 0 Å². The predicted octanol–water partition coefficient (Wildman–Crippen LogP) is 2.60. The van der Waals surface area contributed by atoms with Gasteiger partial charge >= 0.3 is 5.97 Å². The molecule has 0 amide bonds. The monoisotopic (exact) mass is 390 g/mol. The van der Waals surface area contributed by atoms with Gasteiger partial charge in [-0.1, -0.05) is 17.3 Å². The zero-order valence-electron chi connectivity index (χ0n) is 16.4. The third kappa shape index (κ3) is 5.36. The highest BCUT2D eigenvalue weighted by molar-refractivity contribution is 5.69. The average Bonchev–Trinajstić information content (AvgIpc) is 3.13. The highest BCUT2D eigenvalue weighted by Gasteiger charge is 2.23. The molecule has 3 rings (SSSR count). The van der Waals surface area contributed by atoms with Gasteiger partial charge in [-0.2, -0.15) is 4.98 Å². The lowest BCUT2D eigenvalue weighted by atomic mass is 10.0. The maximum atomic E-state index is 13.7. The molecule has 1 N–H and O–H groups in total. The number of carboxylic acid groups (broad SMARTS) is 1. The zero-order chi connectivity index (χ0) is 20.1. The summed E-state index contributed by atoms with van der Waals surface area (Å²) in [6.45, 7) is 4.67. The summed E-state index contributed by atoms with van der Waals surface area (Å²) in [5, 5.41) is 12.9. The zero-order valence-corrected chi connectivity index (χ0v) is 16.4. The topological polar surface area (TPSA) is 82.7 Å². The minimum atomic E-state index is -0.780. The number of hydrogen-bond acceptors (Lipinski definition) is 6. The van der Waals surface area contributed by atoms with E-state index in [1.165, 1.54) is 6.07 Å². The van der Waals surface area contributed by atoms with Crippen LogP contribution in [0.15, 0.2) is 22.7 Å². The van der Waals surface area contributed by atoms with Crippen molar-refractivity contribution in [3.63, 3.8) is 0 Å². The third-order valence-corrected chi connectivity index (χ3v) is 5.33.